The first kappa shape index (κ1) is 74.4. The third kappa shape index (κ3) is 11.8. The SMILES string of the molecule is N#Cc1ccc2c3c(cccc13)Oc1cc(-c3cc4c5ccccc5c(-c5ccccc5)cc4c4ccccc34)ccc1-2.N#Cc1ccc2c3c(cccc13)Oc1cc(-c3cc4c5ccccc5ccc4c4ccccc34)ccc1-2.[C-]#[N+]c1ccc2c3c(cccc13)-c1cc(-c3ccc(-c4cc5ccc6cc(-c7cccnc7)cc7ccc(c4)c5c67)c4ccccc34)ccc1O2. The molecule has 28 rings (SSSR count). The molecule has 0 fully saturated rings. The molecule has 0 saturated carbocycles. The van der Waals surface area contributed by atoms with Crippen LogP contribution in [0.1, 0.15) is 11.1 Å². The summed E-state index contributed by atoms with van der Waals surface area (Å²) in [6, 6.07) is 146. The smallest absolute Gasteiger partial charge is 0.195 e. The second-order valence-electron chi connectivity index (χ2n) is 34.2. The molecule has 0 radical (unpaired) electrons. The van der Waals surface area contributed by atoms with Crippen LogP contribution in [0.5, 0.6) is 34.5 Å². The van der Waals surface area contributed by atoms with Crippen LogP contribution in [0, 0.1) is 29.2 Å². The Morgan fingerprint density at radius 2 is 0.595 bits per heavy atom. The molecule has 3 aliphatic rings. The predicted octanol–water partition coefficient (Wildman–Crippen LogP) is 34.5. The molecule has 0 saturated heterocycles. The van der Waals surface area contributed by atoms with Crippen LogP contribution >= 0.6 is 0 Å². The fourth-order valence-electron chi connectivity index (χ4n) is 21.3. The van der Waals surface area contributed by atoms with E-state index in [1.807, 2.05) is 103 Å². The number of hydrogen-bond acceptors (Lipinski definition) is 6. The Balaban J connectivity index is 0.000000105. The minimum atomic E-state index is 0.641. The predicted molar refractivity (Wildman–Crippen MR) is 541 cm³/mol. The van der Waals surface area contributed by atoms with Crippen LogP contribution in [0.15, 0.2) is 413 Å². The van der Waals surface area contributed by atoms with Gasteiger partial charge >= 0.3 is 0 Å². The minimum Gasteiger partial charge on any atom is -0.456 e. The zero-order valence-electron chi connectivity index (χ0n) is 70.3. The fraction of sp³-hybridized carbons (Fsp3) is 0. The van der Waals surface area contributed by atoms with Gasteiger partial charge in [-0.2, -0.15) is 10.5 Å². The second-order valence-corrected chi connectivity index (χ2v) is 34.2. The molecular formula is C124H68N4O3. The first-order chi connectivity index (χ1) is 64.8. The zero-order chi connectivity index (χ0) is 86.6. The summed E-state index contributed by atoms with van der Waals surface area (Å²) in [5.41, 5.74) is 22.5. The Morgan fingerprint density at radius 3 is 1.15 bits per heavy atom. The summed E-state index contributed by atoms with van der Waals surface area (Å²) in [4.78, 5) is 8.12. The summed E-state index contributed by atoms with van der Waals surface area (Å²) in [6.45, 7) is 7.70. The van der Waals surface area contributed by atoms with E-state index < -0.39 is 0 Å². The van der Waals surface area contributed by atoms with Crippen LogP contribution in [0.2, 0.25) is 0 Å². The van der Waals surface area contributed by atoms with Gasteiger partial charge in [0.2, 0.25) is 0 Å². The van der Waals surface area contributed by atoms with Gasteiger partial charge in [-0.1, -0.05) is 285 Å². The van der Waals surface area contributed by atoms with Crippen LogP contribution in [-0.4, -0.2) is 4.98 Å². The van der Waals surface area contributed by atoms with E-state index in [0.29, 0.717) is 16.8 Å². The fourth-order valence-corrected chi connectivity index (χ4v) is 21.3. The number of rotatable bonds is 6. The molecule has 7 nitrogen and oxygen atoms in total. The largest absolute Gasteiger partial charge is 0.456 e. The molecule has 24 aromatic carbocycles. The summed E-state index contributed by atoms with van der Waals surface area (Å²) in [5, 5.41) is 50.0. The molecule has 0 bridgehead atoms. The molecule has 602 valence electrons. The molecule has 7 heteroatoms. The summed E-state index contributed by atoms with van der Waals surface area (Å²) in [5.74, 6) is 4.88. The first-order valence-electron chi connectivity index (χ1n) is 44.0. The van der Waals surface area contributed by atoms with Crippen molar-refractivity contribution in [2.24, 2.45) is 0 Å². The Bertz CT molecular complexity index is 9380. The highest BCUT2D eigenvalue weighted by Gasteiger charge is 2.28. The molecule has 0 spiro atoms. The zero-order valence-corrected chi connectivity index (χ0v) is 70.3. The van der Waals surface area contributed by atoms with Crippen LogP contribution in [0.3, 0.4) is 0 Å². The highest BCUT2D eigenvalue weighted by atomic mass is 16.5. The van der Waals surface area contributed by atoms with E-state index in [2.05, 4.69) is 331 Å². The highest BCUT2D eigenvalue weighted by Crippen LogP contribution is 2.55. The van der Waals surface area contributed by atoms with E-state index in [1.54, 1.807) is 0 Å². The van der Waals surface area contributed by atoms with Gasteiger partial charge in [0.1, 0.15) is 34.5 Å². The van der Waals surface area contributed by atoms with Crippen molar-refractivity contribution in [2.75, 3.05) is 0 Å². The summed E-state index contributed by atoms with van der Waals surface area (Å²) >= 11 is 0. The van der Waals surface area contributed by atoms with Crippen molar-refractivity contribution >= 4 is 146 Å². The van der Waals surface area contributed by atoms with Crippen molar-refractivity contribution in [2.45, 2.75) is 0 Å². The number of aromatic nitrogens is 1. The lowest BCUT2D eigenvalue weighted by Crippen LogP contribution is -1.98. The monoisotopic (exact) mass is 1660 g/mol. The van der Waals surface area contributed by atoms with E-state index in [9.17, 15) is 10.5 Å². The van der Waals surface area contributed by atoms with Gasteiger partial charge < -0.3 is 14.2 Å². The first-order valence-corrected chi connectivity index (χ1v) is 44.0. The van der Waals surface area contributed by atoms with Gasteiger partial charge in [0, 0.05) is 61.6 Å². The molecule has 4 heterocycles. The van der Waals surface area contributed by atoms with E-state index in [4.69, 9.17) is 20.8 Å². The van der Waals surface area contributed by atoms with Crippen molar-refractivity contribution in [3.8, 4) is 147 Å². The number of nitriles is 2. The number of hydrogen-bond donors (Lipinski definition) is 0. The second kappa shape index (κ2) is 29.5. The van der Waals surface area contributed by atoms with Gasteiger partial charge in [-0.3, -0.25) is 4.98 Å². The van der Waals surface area contributed by atoms with E-state index in [0.717, 1.165) is 122 Å². The lowest BCUT2D eigenvalue weighted by atomic mass is 9.87. The number of ether oxygens (including phenoxy) is 3. The molecule has 0 unspecified atom stereocenters. The van der Waals surface area contributed by atoms with Crippen LogP contribution in [-0.2, 0) is 0 Å². The molecule has 0 aliphatic carbocycles. The number of pyridine rings is 1. The molecule has 131 heavy (non-hydrogen) atoms. The van der Waals surface area contributed by atoms with Gasteiger partial charge in [0.05, 0.1) is 29.8 Å². The standard InChI is InChI=1S/C48H26N2O.C41H23NO.C35H19NO/c1-49-43-18-20-45-48-40(9-4-10-41(43)48)42-26-28(15-19-44(42)51-45)36-16-17-37(39-8-3-2-7-38(36)39)35-24-31-13-11-29-22-34(33-6-5-21-50-27-33)23-30-12-14-32(25-35)47(31)46(29)30;42-24-27-18-20-34-33-19-17-26(21-40(33)43-39-16-8-15-28(27)41(34)39)36-23-38-31-13-6-4-11-29(31)35(25-9-2-1-3-10-25)22-37(38)32-14-7-5-12-30(32)36;36-20-23-14-17-30-29-16-13-22(18-34(29)37-33-11-5-10-25(23)35(30)33)31-19-32-24-7-2-1-6-21(24)12-15-28(32)26-8-3-4-9-27(26)31/h2-27H;1-23H;1-19H. The quantitative estimate of drug-likeness (QED) is 0.122. The highest BCUT2D eigenvalue weighted by molar-refractivity contribution is 6.28. The maximum Gasteiger partial charge on any atom is 0.195 e. The minimum absolute atomic E-state index is 0.641. The van der Waals surface area contributed by atoms with Gasteiger partial charge in [-0.15, -0.1) is 0 Å². The lowest BCUT2D eigenvalue weighted by molar-refractivity contribution is 0.487. The average molecular weight is 1660 g/mol. The molecule has 1 aromatic heterocycles. The van der Waals surface area contributed by atoms with Gasteiger partial charge in [-0.25, -0.2) is 4.85 Å². The summed E-state index contributed by atoms with van der Waals surface area (Å²) < 4.78 is 19.4. The summed E-state index contributed by atoms with van der Waals surface area (Å²) in [7, 11) is 0. The normalized spacial score (nSPS) is 12.0. The van der Waals surface area contributed by atoms with Crippen LogP contribution in [0.25, 0.3) is 245 Å². The molecular weight excluding hydrogens is 1590 g/mol. The Labute approximate surface area is 752 Å². The number of benzene rings is 24. The van der Waals surface area contributed by atoms with Crippen LogP contribution < -0.4 is 14.2 Å². The average Bonchev–Trinajstić information content (AvgIpc) is 0.736. The number of fused-ring (bicyclic) bond motifs is 17. The Kier molecular flexibility index (Phi) is 16.8. The molecule has 3 aliphatic heterocycles. The van der Waals surface area contributed by atoms with E-state index in [-0.39, 0.29) is 0 Å². The van der Waals surface area contributed by atoms with E-state index >= 15 is 0 Å². The van der Waals surface area contributed by atoms with Crippen molar-refractivity contribution in [3.63, 3.8) is 0 Å². The third-order valence-corrected chi connectivity index (χ3v) is 27.2. The topological polar surface area (TPSA) is 92.5 Å². The van der Waals surface area contributed by atoms with Crippen molar-refractivity contribution in [3.05, 3.63) is 435 Å². The maximum absolute atomic E-state index is 9.68. The Hall–Kier alpha value is -18.1. The Morgan fingerprint density at radius 1 is 0.206 bits per heavy atom. The van der Waals surface area contributed by atoms with Crippen molar-refractivity contribution < 1.29 is 14.2 Å². The molecule has 25 aromatic rings. The van der Waals surface area contributed by atoms with Crippen LogP contribution in [0.4, 0.5) is 5.69 Å². The molecule has 0 atom stereocenters. The van der Waals surface area contributed by atoms with Crippen molar-refractivity contribution in [1.29, 1.82) is 10.5 Å². The third-order valence-electron chi connectivity index (χ3n) is 27.2. The molecule has 0 N–H and O–H groups in total. The van der Waals surface area contributed by atoms with Gasteiger partial charge in [0.15, 0.2) is 5.69 Å². The van der Waals surface area contributed by atoms with Gasteiger partial charge in [-0.05, 0) is 306 Å². The molecule has 0 amide bonds. The number of nitrogens with zero attached hydrogens (tertiary/aromatic N) is 4. The summed E-state index contributed by atoms with van der Waals surface area (Å²) in [6.07, 6.45) is 3.75. The van der Waals surface area contributed by atoms with E-state index in [1.165, 1.54) is 152 Å². The maximum atomic E-state index is 9.68. The lowest BCUT2D eigenvalue weighted by Gasteiger charge is -2.23. The van der Waals surface area contributed by atoms with Crippen molar-refractivity contribution in [1.82, 2.24) is 4.98 Å². The van der Waals surface area contributed by atoms with Gasteiger partial charge in [0.25, 0.3) is 0 Å².